The van der Waals surface area contributed by atoms with Gasteiger partial charge in [-0.1, -0.05) is 36.2 Å². The number of aromatic nitrogens is 4. The summed E-state index contributed by atoms with van der Waals surface area (Å²) < 4.78 is 5.24. The summed E-state index contributed by atoms with van der Waals surface area (Å²) in [6.45, 7) is 2.15. The molecule has 0 saturated heterocycles. The van der Waals surface area contributed by atoms with Crippen LogP contribution in [0.4, 0.5) is 0 Å². The first kappa shape index (κ1) is 16.9. The molecule has 3 rings (SSSR count). The minimum absolute atomic E-state index is 0.109. The maximum absolute atomic E-state index is 11.9. The van der Waals surface area contributed by atoms with Gasteiger partial charge in [0, 0.05) is 17.8 Å². The molecule has 1 amide bonds. The Hall–Kier alpha value is -1.96. The highest BCUT2D eigenvalue weighted by Gasteiger charge is 2.20. The molecule has 1 N–H and O–H groups in total. The summed E-state index contributed by atoms with van der Waals surface area (Å²) in [6.07, 6.45) is 7.68. The quantitative estimate of drug-likeness (QED) is 0.634. The summed E-state index contributed by atoms with van der Waals surface area (Å²) in [5.41, 5.74) is 0.883. The van der Waals surface area contributed by atoms with Crippen LogP contribution in [0, 0.1) is 6.92 Å². The molecule has 128 valence electrons. The summed E-state index contributed by atoms with van der Waals surface area (Å²) in [5.74, 6) is 1.79. The van der Waals surface area contributed by atoms with Gasteiger partial charge in [0.1, 0.15) is 0 Å². The Balaban J connectivity index is 1.43. The van der Waals surface area contributed by atoms with E-state index >= 15 is 0 Å². The number of nitrogens with zero attached hydrogens (tertiary/aromatic N) is 4. The van der Waals surface area contributed by atoms with E-state index < -0.39 is 0 Å². The number of nitrogens with one attached hydrogen (secondary N) is 1. The molecule has 0 atom stereocenters. The number of aryl methyl sites for hydroxylation is 1. The normalized spacial score (nSPS) is 15.4. The minimum Gasteiger partial charge on any atom is -0.346 e. The highest BCUT2D eigenvalue weighted by atomic mass is 32.2. The molecule has 1 fully saturated rings. The lowest BCUT2D eigenvalue weighted by molar-refractivity contribution is -0.118. The third-order valence-corrected chi connectivity index (χ3v) is 4.86. The highest BCUT2D eigenvalue weighted by Crippen LogP contribution is 2.30. The molecule has 1 aliphatic carbocycles. The topological polar surface area (TPSA) is 93.8 Å². The monoisotopic (exact) mass is 347 g/mol. The first-order valence-electron chi connectivity index (χ1n) is 8.22. The number of hydrogen-bond donors (Lipinski definition) is 1. The van der Waals surface area contributed by atoms with Crippen LogP contribution < -0.4 is 5.32 Å². The van der Waals surface area contributed by atoms with Crippen molar-refractivity contribution in [1.29, 1.82) is 0 Å². The van der Waals surface area contributed by atoms with Crippen LogP contribution in [0.3, 0.4) is 0 Å². The smallest absolute Gasteiger partial charge is 0.246 e. The summed E-state index contributed by atoms with van der Waals surface area (Å²) in [6, 6.07) is 1.82. The van der Waals surface area contributed by atoms with E-state index in [2.05, 4.69) is 25.4 Å². The average Bonchev–Trinajstić information content (AvgIpc) is 3.08. The van der Waals surface area contributed by atoms with Gasteiger partial charge in [-0.05, 0) is 25.8 Å². The molecule has 8 heteroatoms. The summed E-state index contributed by atoms with van der Waals surface area (Å²) in [4.78, 5) is 24.7. The van der Waals surface area contributed by atoms with Gasteiger partial charge in [-0.2, -0.15) is 4.98 Å². The van der Waals surface area contributed by atoms with Crippen LogP contribution in [0.1, 0.15) is 55.4 Å². The molecule has 24 heavy (non-hydrogen) atoms. The lowest BCUT2D eigenvalue weighted by Gasteiger charge is -2.17. The van der Waals surface area contributed by atoms with E-state index in [4.69, 9.17) is 4.52 Å². The van der Waals surface area contributed by atoms with Gasteiger partial charge in [0.25, 0.3) is 0 Å². The second kappa shape index (κ2) is 8.23. The molecule has 0 unspecified atom stereocenters. The summed E-state index contributed by atoms with van der Waals surface area (Å²) >= 11 is 1.30. The van der Waals surface area contributed by atoms with Crippen LogP contribution in [0.5, 0.6) is 0 Å². The van der Waals surface area contributed by atoms with E-state index in [1.54, 1.807) is 6.20 Å². The lowest BCUT2D eigenvalue weighted by atomic mass is 9.89. The molecular formula is C16H21N5O2S. The molecule has 1 aliphatic rings. The van der Waals surface area contributed by atoms with Crippen molar-refractivity contribution in [2.45, 2.75) is 56.6 Å². The van der Waals surface area contributed by atoms with Crippen LogP contribution >= 0.6 is 11.8 Å². The number of thioether (sulfide) groups is 1. The Labute approximate surface area is 145 Å². The van der Waals surface area contributed by atoms with Crippen molar-refractivity contribution in [3.63, 3.8) is 0 Å². The molecule has 2 aromatic heterocycles. The van der Waals surface area contributed by atoms with Crippen LogP contribution in [-0.4, -0.2) is 31.8 Å². The van der Waals surface area contributed by atoms with Crippen LogP contribution in [0.25, 0.3) is 0 Å². The molecule has 0 aliphatic heterocycles. The zero-order valence-electron chi connectivity index (χ0n) is 13.7. The van der Waals surface area contributed by atoms with Crippen molar-refractivity contribution in [1.82, 2.24) is 25.4 Å². The van der Waals surface area contributed by atoms with Crippen molar-refractivity contribution in [2.75, 3.05) is 5.75 Å². The van der Waals surface area contributed by atoms with Gasteiger partial charge < -0.3 is 9.84 Å². The number of hydrogen-bond acceptors (Lipinski definition) is 7. The molecule has 7 nitrogen and oxygen atoms in total. The Bertz CT molecular complexity index is 685. The van der Waals surface area contributed by atoms with Crippen molar-refractivity contribution >= 4 is 17.7 Å². The van der Waals surface area contributed by atoms with Gasteiger partial charge in [0.2, 0.25) is 11.8 Å². The number of carbonyl (C=O) groups excluding carboxylic acids is 1. The van der Waals surface area contributed by atoms with E-state index in [-0.39, 0.29) is 18.2 Å². The first-order valence-corrected chi connectivity index (χ1v) is 9.21. The van der Waals surface area contributed by atoms with E-state index in [1.807, 2.05) is 13.0 Å². The van der Waals surface area contributed by atoms with Crippen LogP contribution in [0.15, 0.2) is 21.9 Å². The van der Waals surface area contributed by atoms with Gasteiger partial charge in [0.15, 0.2) is 11.0 Å². The number of rotatable bonds is 6. The zero-order valence-corrected chi connectivity index (χ0v) is 14.5. The fourth-order valence-electron chi connectivity index (χ4n) is 2.72. The number of carbonyl (C=O) groups is 1. The molecule has 0 spiro atoms. The molecule has 2 heterocycles. The number of amides is 1. The Morgan fingerprint density at radius 1 is 1.33 bits per heavy atom. The van der Waals surface area contributed by atoms with Crippen molar-refractivity contribution < 1.29 is 9.32 Å². The van der Waals surface area contributed by atoms with E-state index in [0.717, 1.165) is 24.4 Å². The Kier molecular flexibility index (Phi) is 5.79. The molecule has 0 bridgehead atoms. The lowest BCUT2D eigenvalue weighted by Crippen LogP contribution is -2.24. The largest absolute Gasteiger partial charge is 0.346 e. The highest BCUT2D eigenvalue weighted by molar-refractivity contribution is 7.99. The molecule has 0 aromatic carbocycles. The fraction of sp³-hybridized carbons (Fsp3) is 0.562. The molecule has 2 aromatic rings. The summed E-state index contributed by atoms with van der Waals surface area (Å²) in [5, 5.41) is 7.45. The van der Waals surface area contributed by atoms with E-state index in [0.29, 0.717) is 17.0 Å². The standard InChI is InChI=1S/C16H21N5O2S/c1-11-7-8-17-16(19-11)24-10-13(22)18-9-14-20-15(21-23-14)12-5-3-2-4-6-12/h7-8,12H,2-6,9-10H2,1H3,(H,18,22). The third kappa shape index (κ3) is 4.77. The van der Waals surface area contributed by atoms with Crippen LogP contribution in [-0.2, 0) is 11.3 Å². The van der Waals surface area contributed by atoms with Crippen molar-refractivity contribution in [2.24, 2.45) is 0 Å². The second-order valence-electron chi connectivity index (χ2n) is 5.93. The zero-order chi connectivity index (χ0) is 16.8. The van der Waals surface area contributed by atoms with Gasteiger partial charge >= 0.3 is 0 Å². The van der Waals surface area contributed by atoms with E-state index in [1.165, 1.54) is 31.0 Å². The van der Waals surface area contributed by atoms with Gasteiger partial charge in [-0.15, -0.1) is 0 Å². The summed E-state index contributed by atoms with van der Waals surface area (Å²) in [7, 11) is 0. The van der Waals surface area contributed by atoms with Crippen molar-refractivity contribution in [3.05, 3.63) is 29.7 Å². The predicted octanol–water partition coefficient (Wildman–Crippen LogP) is 2.62. The average molecular weight is 347 g/mol. The SMILES string of the molecule is Cc1ccnc(SCC(=O)NCc2nc(C3CCCCC3)no2)n1. The van der Waals surface area contributed by atoms with Gasteiger partial charge in [-0.25, -0.2) is 9.97 Å². The minimum atomic E-state index is -0.109. The molecule has 1 saturated carbocycles. The van der Waals surface area contributed by atoms with Crippen LogP contribution in [0.2, 0.25) is 0 Å². The Morgan fingerprint density at radius 2 is 2.17 bits per heavy atom. The predicted molar refractivity (Wildman–Crippen MR) is 89.5 cm³/mol. The van der Waals surface area contributed by atoms with Gasteiger partial charge in [0.05, 0.1) is 12.3 Å². The van der Waals surface area contributed by atoms with Gasteiger partial charge in [-0.3, -0.25) is 4.79 Å². The van der Waals surface area contributed by atoms with E-state index in [9.17, 15) is 4.79 Å². The molecular weight excluding hydrogens is 326 g/mol. The second-order valence-corrected chi connectivity index (χ2v) is 6.87. The molecule has 0 radical (unpaired) electrons. The Morgan fingerprint density at radius 3 is 2.96 bits per heavy atom. The third-order valence-electron chi connectivity index (χ3n) is 4.00. The maximum atomic E-state index is 11.9. The fourth-order valence-corrected chi connectivity index (χ4v) is 3.42. The van der Waals surface area contributed by atoms with Crippen molar-refractivity contribution in [3.8, 4) is 0 Å². The maximum Gasteiger partial charge on any atom is 0.246 e. The first-order chi connectivity index (χ1) is 11.7.